The summed E-state index contributed by atoms with van der Waals surface area (Å²) >= 11 is 0. The van der Waals surface area contributed by atoms with Gasteiger partial charge in [0.05, 0.1) is 26.4 Å². The summed E-state index contributed by atoms with van der Waals surface area (Å²) in [6, 6.07) is 15.4. The van der Waals surface area contributed by atoms with Crippen LogP contribution in [-0.2, 0) is 30.2 Å². The third-order valence-corrected chi connectivity index (χ3v) is 7.12. The van der Waals surface area contributed by atoms with Crippen LogP contribution in [0, 0.1) is 0 Å². The molecule has 2 aliphatic rings. The first-order valence-electron chi connectivity index (χ1n) is 14.2. The number of hydrogen-bond donors (Lipinski definition) is 0. The van der Waals surface area contributed by atoms with E-state index in [0.29, 0.717) is 49.8 Å². The summed E-state index contributed by atoms with van der Waals surface area (Å²) in [4.78, 5) is 29.0. The second-order valence-electron chi connectivity index (χ2n) is 10.4. The Bertz CT molecular complexity index is 1330. The zero-order chi connectivity index (χ0) is 29.9. The van der Waals surface area contributed by atoms with Gasteiger partial charge < -0.3 is 28.7 Å². The van der Waals surface area contributed by atoms with Gasteiger partial charge in [-0.15, -0.1) is 0 Å². The minimum absolute atomic E-state index is 0.115. The lowest BCUT2D eigenvalue weighted by Gasteiger charge is -2.26. The molecule has 2 aromatic carbocycles. The Labute approximate surface area is 248 Å². The summed E-state index contributed by atoms with van der Waals surface area (Å²) in [6.07, 6.45) is 11.4. The largest absolute Gasteiger partial charge is 0.497 e. The van der Waals surface area contributed by atoms with Gasteiger partial charge in [-0.1, -0.05) is 36.4 Å². The lowest BCUT2D eigenvalue weighted by Crippen LogP contribution is -2.40. The highest BCUT2D eigenvalue weighted by atomic mass is 16.5. The van der Waals surface area contributed by atoms with Crippen molar-refractivity contribution in [3.8, 4) is 11.5 Å². The second kappa shape index (κ2) is 15.2. The van der Waals surface area contributed by atoms with Crippen LogP contribution in [0.2, 0.25) is 0 Å². The van der Waals surface area contributed by atoms with E-state index in [0.717, 1.165) is 35.3 Å². The lowest BCUT2D eigenvalue weighted by molar-refractivity contribution is -0.135. The first-order valence-corrected chi connectivity index (χ1v) is 14.2. The highest BCUT2D eigenvalue weighted by Crippen LogP contribution is 2.27. The minimum Gasteiger partial charge on any atom is -0.497 e. The highest BCUT2D eigenvalue weighted by Gasteiger charge is 2.17. The van der Waals surface area contributed by atoms with E-state index >= 15 is 0 Å². The van der Waals surface area contributed by atoms with Gasteiger partial charge in [-0.3, -0.25) is 9.59 Å². The van der Waals surface area contributed by atoms with E-state index < -0.39 is 0 Å². The lowest BCUT2D eigenvalue weighted by atomic mass is 10.0. The third-order valence-electron chi connectivity index (χ3n) is 7.12. The van der Waals surface area contributed by atoms with Crippen molar-refractivity contribution in [2.75, 3.05) is 54.6 Å². The van der Waals surface area contributed by atoms with Crippen molar-refractivity contribution in [3.05, 3.63) is 101 Å². The number of rotatable bonds is 11. The number of amides is 2. The number of nitrogens with zero attached hydrogens (tertiary/aromatic N) is 2. The number of benzene rings is 2. The SMILES string of the molecule is COC1=CC(OC)C=CC(/C=C(/C(=O)N(C)C)c2ccc(Oc3ccc(CCCC(=O)N4CCOCC4)cc3)cc2)=C1. The van der Waals surface area contributed by atoms with Gasteiger partial charge in [-0.05, 0) is 72.0 Å². The normalized spacial score (nSPS) is 17.2. The molecule has 222 valence electrons. The van der Waals surface area contributed by atoms with Crippen molar-refractivity contribution in [1.82, 2.24) is 9.80 Å². The quantitative estimate of drug-likeness (QED) is 0.346. The molecule has 8 heteroatoms. The molecule has 2 aromatic rings. The smallest absolute Gasteiger partial charge is 0.253 e. The van der Waals surface area contributed by atoms with E-state index in [1.165, 1.54) is 0 Å². The van der Waals surface area contributed by atoms with E-state index in [9.17, 15) is 9.59 Å². The standard InChI is InChI=1S/C34H40N2O6/c1-35(2)34(38)32(23-26-10-15-30(39-3)24-31(22-26)40-4)27-11-16-29(17-12-27)42-28-13-8-25(9-14-28)6-5-7-33(37)36-18-20-41-21-19-36/h8-17,22-24,30H,5-7,18-21H2,1-4H3/b32-23+. The summed E-state index contributed by atoms with van der Waals surface area (Å²) in [5, 5.41) is 0. The Morgan fingerprint density at radius 3 is 2.29 bits per heavy atom. The molecule has 0 bridgehead atoms. The summed E-state index contributed by atoms with van der Waals surface area (Å²) in [6.45, 7) is 2.63. The van der Waals surface area contributed by atoms with Gasteiger partial charge in [0.25, 0.3) is 5.91 Å². The molecule has 42 heavy (non-hydrogen) atoms. The van der Waals surface area contributed by atoms with E-state index in [1.807, 2.05) is 83.8 Å². The van der Waals surface area contributed by atoms with Crippen LogP contribution in [-0.4, -0.2) is 82.3 Å². The number of methoxy groups -OCH3 is 2. The fourth-order valence-corrected chi connectivity index (χ4v) is 4.70. The van der Waals surface area contributed by atoms with Gasteiger partial charge in [0.2, 0.25) is 5.91 Å². The molecular weight excluding hydrogens is 532 g/mol. The monoisotopic (exact) mass is 572 g/mol. The molecule has 8 nitrogen and oxygen atoms in total. The molecular formula is C34H40N2O6. The Balaban J connectivity index is 1.40. The molecule has 1 aliphatic heterocycles. The van der Waals surface area contributed by atoms with Crippen LogP contribution in [0.25, 0.3) is 5.57 Å². The number of likely N-dealkylation sites (N-methyl/N-ethyl adjacent to an activating group) is 1. The second-order valence-corrected chi connectivity index (χ2v) is 10.4. The summed E-state index contributed by atoms with van der Waals surface area (Å²) in [5.41, 5.74) is 3.30. The Hall–Kier alpha value is -4.14. The molecule has 2 amide bonds. The van der Waals surface area contributed by atoms with Crippen molar-refractivity contribution in [3.63, 3.8) is 0 Å². The summed E-state index contributed by atoms with van der Waals surface area (Å²) < 4.78 is 22.3. The van der Waals surface area contributed by atoms with E-state index in [-0.39, 0.29) is 17.9 Å². The fraction of sp³-hybridized carbons (Fsp3) is 0.353. The topological polar surface area (TPSA) is 77.5 Å². The molecule has 0 N–H and O–H groups in total. The van der Waals surface area contributed by atoms with Crippen LogP contribution in [0.15, 0.2) is 90.2 Å². The van der Waals surface area contributed by atoms with Gasteiger partial charge in [0, 0.05) is 46.3 Å². The van der Waals surface area contributed by atoms with Gasteiger partial charge in [-0.2, -0.15) is 0 Å². The van der Waals surface area contributed by atoms with Crippen LogP contribution in [0.3, 0.4) is 0 Å². The third kappa shape index (κ3) is 8.68. The van der Waals surface area contributed by atoms with Crippen LogP contribution < -0.4 is 4.74 Å². The predicted octanol–water partition coefficient (Wildman–Crippen LogP) is 5.17. The Kier molecular flexibility index (Phi) is 11.1. The van der Waals surface area contributed by atoms with Crippen LogP contribution in [0.5, 0.6) is 11.5 Å². The summed E-state index contributed by atoms with van der Waals surface area (Å²) in [7, 11) is 6.71. The Morgan fingerprint density at radius 1 is 1.00 bits per heavy atom. The fourth-order valence-electron chi connectivity index (χ4n) is 4.70. The predicted molar refractivity (Wildman–Crippen MR) is 163 cm³/mol. The first-order chi connectivity index (χ1) is 20.4. The van der Waals surface area contributed by atoms with Crippen molar-refractivity contribution in [2.24, 2.45) is 0 Å². The minimum atomic E-state index is -0.217. The Morgan fingerprint density at radius 2 is 1.67 bits per heavy atom. The maximum atomic E-state index is 13.2. The first kappa shape index (κ1) is 30.8. The molecule has 1 fully saturated rings. The van der Waals surface area contributed by atoms with Gasteiger partial charge in [0.15, 0.2) is 0 Å². The zero-order valence-electron chi connectivity index (χ0n) is 24.9. The maximum absolute atomic E-state index is 13.2. The molecule has 1 aliphatic carbocycles. The van der Waals surface area contributed by atoms with E-state index in [4.69, 9.17) is 18.9 Å². The number of hydrogen-bond acceptors (Lipinski definition) is 6. The van der Waals surface area contributed by atoms with E-state index in [1.54, 1.807) is 33.2 Å². The van der Waals surface area contributed by atoms with Crippen molar-refractivity contribution in [1.29, 1.82) is 0 Å². The number of carbonyl (C=O) groups excluding carboxylic acids is 2. The molecule has 1 heterocycles. The van der Waals surface area contributed by atoms with Gasteiger partial charge in [0.1, 0.15) is 17.3 Å². The molecule has 1 saturated heterocycles. The number of allylic oxidation sites excluding steroid dienone is 4. The number of ether oxygens (including phenoxy) is 4. The molecule has 1 atom stereocenters. The number of carbonyl (C=O) groups is 2. The van der Waals surface area contributed by atoms with Crippen molar-refractivity contribution in [2.45, 2.75) is 25.4 Å². The molecule has 0 aromatic heterocycles. The number of morpholine rings is 1. The average Bonchev–Trinajstić information content (AvgIpc) is 3.23. The summed E-state index contributed by atoms with van der Waals surface area (Å²) in [5.74, 6) is 2.13. The highest BCUT2D eigenvalue weighted by molar-refractivity contribution is 6.19. The van der Waals surface area contributed by atoms with Crippen molar-refractivity contribution < 1.29 is 28.5 Å². The van der Waals surface area contributed by atoms with Crippen LogP contribution in [0.1, 0.15) is 24.0 Å². The molecule has 0 radical (unpaired) electrons. The zero-order valence-corrected chi connectivity index (χ0v) is 24.9. The molecule has 0 saturated carbocycles. The van der Waals surface area contributed by atoms with Gasteiger partial charge in [-0.25, -0.2) is 0 Å². The van der Waals surface area contributed by atoms with E-state index in [2.05, 4.69) is 0 Å². The van der Waals surface area contributed by atoms with Crippen LogP contribution >= 0.6 is 0 Å². The number of aryl methyl sites for hydroxylation is 1. The molecule has 4 rings (SSSR count). The molecule has 0 spiro atoms. The molecule has 1 unspecified atom stereocenters. The maximum Gasteiger partial charge on any atom is 0.253 e. The van der Waals surface area contributed by atoms with Crippen molar-refractivity contribution >= 4 is 17.4 Å². The van der Waals surface area contributed by atoms with Gasteiger partial charge >= 0.3 is 0 Å². The average molecular weight is 573 g/mol. The van der Waals surface area contributed by atoms with Crippen LogP contribution in [0.4, 0.5) is 0 Å².